The van der Waals surface area contributed by atoms with Crippen LogP contribution >= 0.6 is 0 Å². The number of aromatic nitrogens is 1. The van der Waals surface area contributed by atoms with Gasteiger partial charge < -0.3 is 5.32 Å². The molecular weight excluding hydrogens is 332 g/mol. The summed E-state index contributed by atoms with van der Waals surface area (Å²) in [5.74, 6) is -0.235. The van der Waals surface area contributed by atoms with Gasteiger partial charge >= 0.3 is 6.18 Å². The summed E-state index contributed by atoms with van der Waals surface area (Å²) in [6.45, 7) is 4.83. The molecule has 2 nitrogen and oxygen atoms in total. The summed E-state index contributed by atoms with van der Waals surface area (Å²) in [6.07, 6.45) is -2.84. The summed E-state index contributed by atoms with van der Waals surface area (Å²) in [6, 6.07) is 8.86. The minimum Gasteiger partial charge on any atom is -0.317 e. The molecule has 6 heteroatoms. The van der Waals surface area contributed by atoms with E-state index in [1.54, 1.807) is 6.07 Å². The maximum Gasteiger partial charge on any atom is 0.417 e. The third-order valence-corrected chi connectivity index (χ3v) is 4.45. The molecule has 132 valence electrons. The number of halogens is 4. The normalized spacial score (nSPS) is 16.0. The third kappa shape index (κ3) is 4.07. The zero-order valence-corrected chi connectivity index (χ0v) is 13.5. The van der Waals surface area contributed by atoms with Crippen molar-refractivity contribution in [3.05, 3.63) is 60.1 Å². The van der Waals surface area contributed by atoms with E-state index in [-0.39, 0.29) is 11.6 Å². The second-order valence-corrected chi connectivity index (χ2v) is 6.18. The highest BCUT2D eigenvalue weighted by Gasteiger charge is 2.34. The number of hydrogen-bond acceptors (Lipinski definition) is 2. The van der Waals surface area contributed by atoms with Gasteiger partial charge in [-0.1, -0.05) is 6.58 Å². The van der Waals surface area contributed by atoms with E-state index in [0.717, 1.165) is 31.5 Å². The number of allylic oxidation sites excluding steroid dienone is 1. The maximum atomic E-state index is 13.1. The van der Waals surface area contributed by atoms with Crippen LogP contribution in [-0.4, -0.2) is 24.2 Å². The van der Waals surface area contributed by atoms with E-state index >= 15 is 0 Å². The van der Waals surface area contributed by atoms with Crippen LogP contribution in [0.5, 0.6) is 0 Å². The molecule has 0 radical (unpaired) electrons. The average Bonchev–Trinajstić information content (AvgIpc) is 2.61. The van der Waals surface area contributed by atoms with Crippen LogP contribution in [0.15, 0.2) is 43.0 Å². The first-order valence-electron chi connectivity index (χ1n) is 8.10. The van der Waals surface area contributed by atoms with Crippen molar-refractivity contribution >= 4 is 5.57 Å². The fraction of sp³-hybridized carbons (Fsp3) is 0.316. The molecule has 0 spiro atoms. The van der Waals surface area contributed by atoms with E-state index in [4.69, 9.17) is 0 Å². The van der Waals surface area contributed by atoms with Crippen LogP contribution < -0.4 is 5.32 Å². The second-order valence-electron chi connectivity index (χ2n) is 6.18. The summed E-state index contributed by atoms with van der Waals surface area (Å²) < 4.78 is 52.4. The number of rotatable bonds is 3. The van der Waals surface area contributed by atoms with Crippen LogP contribution in [-0.2, 0) is 0 Å². The van der Waals surface area contributed by atoms with Gasteiger partial charge in [0.1, 0.15) is 5.82 Å². The van der Waals surface area contributed by atoms with Gasteiger partial charge in [-0.2, -0.15) is 13.2 Å². The van der Waals surface area contributed by atoms with Crippen molar-refractivity contribution in [2.75, 3.05) is 13.1 Å². The topological polar surface area (TPSA) is 24.9 Å². The number of hydrogen-bond donors (Lipinski definition) is 1. The monoisotopic (exact) mass is 350 g/mol. The molecule has 0 aliphatic carbocycles. The lowest BCUT2D eigenvalue weighted by Crippen LogP contribution is -2.26. The zero-order valence-electron chi connectivity index (χ0n) is 13.5. The summed E-state index contributed by atoms with van der Waals surface area (Å²) >= 11 is 0. The van der Waals surface area contributed by atoms with Gasteiger partial charge in [0.15, 0.2) is 0 Å². The maximum absolute atomic E-state index is 13.1. The molecule has 1 aromatic heterocycles. The molecule has 0 atom stereocenters. The first-order valence-corrected chi connectivity index (χ1v) is 8.10. The molecule has 2 aromatic rings. The van der Waals surface area contributed by atoms with E-state index < -0.39 is 17.6 Å². The fourth-order valence-corrected chi connectivity index (χ4v) is 3.01. The molecule has 1 saturated heterocycles. The number of benzene rings is 1. The number of piperidine rings is 1. The number of pyridine rings is 1. The molecule has 0 unspecified atom stereocenters. The average molecular weight is 350 g/mol. The standard InChI is InChI=1S/C19H18F4N2/c1-12(19(21,22)23)17-10-15(13-6-8-24-9-7-13)11-18(25-17)14-2-4-16(20)5-3-14/h2-5,10-11,13,24H,1,6-9H2. The lowest BCUT2D eigenvalue weighted by molar-refractivity contribution is -0.0688. The molecule has 25 heavy (non-hydrogen) atoms. The molecule has 1 aliphatic heterocycles. The molecule has 1 aliphatic rings. The van der Waals surface area contributed by atoms with Crippen molar-refractivity contribution < 1.29 is 17.6 Å². The van der Waals surface area contributed by atoms with Gasteiger partial charge in [-0.3, -0.25) is 0 Å². The molecular formula is C19H18F4N2. The minimum atomic E-state index is -4.54. The fourth-order valence-electron chi connectivity index (χ4n) is 3.01. The van der Waals surface area contributed by atoms with Gasteiger partial charge in [0.2, 0.25) is 0 Å². The lowest BCUT2D eigenvalue weighted by atomic mass is 9.89. The first-order chi connectivity index (χ1) is 11.8. The zero-order chi connectivity index (χ0) is 18.0. The summed E-state index contributed by atoms with van der Waals surface area (Å²) in [5, 5.41) is 3.24. The van der Waals surface area contributed by atoms with Gasteiger partial charge in [-0.15, -0.1) is 0 Å². The summed E-state index contributed by atoms with van der Waals surface area (Å²) in [5.41, 5.74) is 0.649. The smallest absolute Gasteiger partial charge is 0.317 e. The molecule has 0 amide bonds. The Balaban J connectivity index is 2.07. The van der Waals surface area contributed by atoms with Gasteiger partial charge in [-0.25, -0.2) is 9.37 Å². The number of nitrogens with one attached hydrogen (secondary N) is 1. The van der Waals surface area contributed by atoms with Crippen molar-refractivity contribution in [3.8, 4) is 11.3 Å². The van der Waals surface area contributed by atoms with Crippen LogP contribution in [0.4, 0.5) is 17.6 Å². The molecule has 1 aromatic carbocycles. The molecule has 2 heterocycles. The van der Waals surface area contributed by atoms with Gasteiger partial charge in [0, 0.05) is 5.56 Å². The lowest BCUT2D eigenvalue weighted by Gasteiger charge is -2.24. The third-order valence-electron chi connectivity index (χ3n) is 4.45. The molecule has 0 saturated carbocycles. The highest BCUT2D eigenvalue weighted by Crippen LogP contribution is 2.35. The summed E-state index contributed by atoms with van der Waals surface area (Å²) in [7, 11) is 0. The molecule has 3 rings (SSSR count). The van der Waals surface area contributed by atoms with Gasteiger partial charge in [0.25, 0.3) is 0 Å². The van der Waals surface area contributed by atoms with Crippen molar-refractivity contribution in [1.29, 1.82) is 0 Å². The van der Waals surface area contributed by atoms with E-state index in [0.29, 0.717) is 11.3 Å². The van der Waals surface area contributed by atoms with Crippen molar-refractivity contribution in [2.45, 2.75) is 24.9 Å². The van der Waals surface area contributed by atoms with Crippen molar-refractivity contribution in [1.82, 2.24) is 10.3 Å². The van der Waals surface area contributed by atoms with Crippen molar-refractivity contribution in [3.63, 3.8) is 0 Å². The molecule has 1 N–H and O–H groups in total. The summed E-state index contributed by atoms with van der Waals surface area (Å²) in [4.78, 5) is 4.14. The second kappa shape index (κ2) is 6.96. The van der Waals surface area contributed by atoms with Crippen LogP contribution in [0.2, 0.25) is 0 Å². The van der Waals surface area contributed by atoms with E-state index in [9.17, 15) is 17.6 Å². The van der Waals surface area contributed by atoms with Crippen LogP contribution in [0.25, 0.3) is 16.8 Å². The molecule has 0 bridgehead atoms. The Bertz CT molecular complexity index is 760. The minimum absolute atomic E-state index is 0.170. The van der Waals surface area contributed by atoms with Gasteiger partial charge in [0.05, 0.1) is 17.0 Å². The predicted molar refractivity (Wildman–Crippen MR) is 89.6 cm³/mol. The highest BCUT2D eigenvalue weighted by molar-refractivity contribution is 5.69. The first kappa shape index (κ1) is 17.6. The quantitative estimate of drug-likeness (QED) is 0.794. The Morgan fingerprint density at radius 2 is 1.72 bits per heavy atom. The Labute approximate surface area is 143 Å². The van der Waals surface area contributed by atoms with Crippen molar-refractivity contribution in [2.24, 2.45) is 0 Å². The van der Waals surface area contributed by atoms with Gasteiger partial charge in [-0.05, 0) is 73.8 Å². The van der Waals surface area contributed by atoms with E-state index in [2.05, 4.69) is 16.9 Å². The molecule has 1 fully saturated rings. The Hall–Kier alpha value is -2.21. The Morgan fingerprint density at radius 1 is 1.08 bits per heavy atom. The SMILES string of the molecule is C=C(c1cc(C2CCNCC2)cc(-c2ccc(F)cc2)n1)C(F)(F)F. The highest BCUT2D eigenvalue weighted by atomic mass is 19.4. The Morgan fingerprint density at radius 3 is 2.32 bits per heavy atom. The van der Waals surface area contributed by atoms with Crippen LogP contribution in [0.3, 0.4) is 0 Å². The predicted octanol–water partition coefficient (Wildman–Crippen LogP) is 4.93. The van der Waals surface area contributed by atoms with E-state index in [1.165, 1.54) is 30.3 Å². The number of alkyl halides is 3. The largest absolute Gasteiger partial charge is 0.417 e. The van der Waals surface area contributed by atoms with Crippen LogP contribution in [0.1, 0.15) is 30.0 Å². The van der Waals surface area contributed by atoms with Crippen LogP contribution in [0, 0.1) is 5.82 Å². The Kier molecular flexibility index (Phi) is 4.90. The van der Waals surface area contributed by atoms with E-state index in [1.807, 2.05) is 0 Å². The number of nitrogens with zero attached hydrogens (tertiary/aromatic N) is 1.